The van der Waals surface area contributed by atoms with Gasteiger partial charge >= 0.3 is 5.63 Å². The van der Waals surface area contributed by atoms with Gasteiger partial charge in [0, 0.05) is 22.1 Å². The molecule has 0 saturated heterocycles. The van der Waals surface area contributed by atoms with Gasteiger partial charge in [0.2, 0.25) is 0 Å². The van der Waals surface area contributed by atoms with Crippen LogP contribution in [0.3, 0.4) is 0 Å². The first kappa shape index (κ1) is 17.7. The topological polar surface area (TPSA) is 50.4 Å². The predicted molar refractivity (Wildman–Crippen MR) is 107 cm³/mol. The Hall–Kier alpha value is -1.68. The first-order valence-electron chi connectivity index (χ1n) is 9.78. The third-order valence-corrected chi connectivity index (χ3v) is 7.11. The molecule has 1 aromatic heterocycles. The van der Waals surface area contributed by atoms with E-state index in [1.165, 1.54) is 44.9 Å². The van der Waals surface area contributed by atoms with Gasteiger partial charge < -0.3 is 9.52 Å². The van der Waals surface area contributed by atoms with E-state index in [2.05, 4.69) is 0 Å². The summed E-state index contributed by atoms with van der Waals surface area (Å²) >= 11 is 1.90. The van der Waals surface area contributed by atoms with Crippen molar-refractivity contribution < 1.29 is 9.52 Å². The van der Waals surface area contributed by atoms with Crippen LogP contribution in [0.5, 0.6) is 5.75 Å². The summed E-state index contributed by atoms with van der Waals surface area (Å²) < 4.78 is 5.62. The van der Waals surface area contributed by atoms with Crippen molar-refractivity contribution in [1.82, 2.24) is 0 Å². The third-order valence-electron chi connectivity index (χ3n) is 5.50. The third kappa shape index (κ3) is 4.17. The van der Waals surface area contributed by atoms with Crippen LogP contribution in [0.2, 0.25) is 0 Å². The smallest absolute Gasteiger partial charge is 0.344 e. The second-order valence-electron chi connectivity index (χ2n) is 7.63. The van der Waals surface area contributed by atoms with Gasteiger partial charge in [-0.2, -0.15) is 0 Å². The fourth-order valence-electron chi connectivity index (χ4n) is 3.86. The quantitative estimate of drug-likeness (QED) is 0.686. The van der Waals surface area contributed by atoms with Crippen LogP contribution in [0.15, 0.2) is 45.6 Å². The Labute approximate surface area is 158 Å². The lowest BCUT2D eigenvalue weighted by Crippen LogP contribution is -2.16. The van der Waals surface area contributed by atoms with Gasteiger partial charge in [-0.1, -0.05) is 62.4 Å². The minimum atomic E-state index is -0.377. The molecule has 2 aliphatic rings. The lowest BCUT2D eigenvalue weighted by Gasteiger charge is -2.26. The molecule has 0 radical (unpaired) electrons. The Balaban J connectivity index is 1.63. The SMILES string of the molecule is O=c1oc(-c2ccccc2)cc(O)c1[C@@H](CC1CC1)SC1CCCCC1. The second kappa shape index (κ2) is 7.91. The maximum Gasteiger partial charge on any atom is 0.344 e. The summed E-state index contributed by atoms with van der Waals surface area (Å²) in [6, 6.07) is 11.1. The summed E-state index contributed by atoms with van der Waals surface area (Å²) in [7, 11) is 0. The lowest BCUT2D eigenvalue weighted by molar-refractivity contribution is 0.436. The van der Waals surface area contributed by atoms with Crippen molar-refractivity contribution in [3.05, 3.63) is 52.4 Å². The number of benzene rings is 1. The van der Waals surface area contributed by atoms with E-state index in [0.717, 1.165) is 12.0 Å². The molecule has 0 bridgehead atoms. The molecule has 1 atom stereocenters. The number of thioether (sulfide) groups is 1. The normalized spacial score (nSPS) is 19.4. The average Bonchev–Trinajstić information content (AvgIpc) is 3.47. The number of hydrogen-bond acceptors (Lipinski definition) is 4. The van der Waals surface area contributed by atoms with E-state index >= 15 is 0 Å². The van der Waals surface area contributed by atoms with Gasteiger partial charge in [0.1, 0.15) is 11.5 Å². The van der Waals surface area contributed by atoms with Crippen molar-refractivity contribution >= 4 is 11.8 Å². The van der Waals surface area contributed by atoms with Gasteiger partial charge in [-0.25, -0.2) is 4.79 Å². The van der Waals surface area contributed by atoms with E-state index in [1.807, 2.05) is 42.1 Å². The van der Waals surface area contributed by atoms with Crippen molar-refractivity contribution in [3.8, 4) is 17.1 Å². The molecule has 2 aliphatic carbocycles. The van der Waals surface area contributed by atoms with Crippen molar-refractivity contribution in [2.45, 2.75) is 61.9 Å². The van der Waals surface area contributed by atoms with E-state index < -0.39 is 0 Å². The molecule has 4 heteroatoms. The highest BCUT2D eigenvalue weighted by Gasteiger charge is 2.32. The van der Waals surface area contributed by atoms with Crippen LogP contribution in [0, 0.1) is 5.92 Å². The molecule has 0 amide bonds. The van der Waals surface area contributed by atoms with Crippen molar-refractivity contribution in [2.75, 3.05) is 0 Å². The van der Waals surface area contributed by atoms with E-state index in [-0.39, 0.29) is 16.6 Å². The van der Waals surface area contributed by atoms with Crippen LogP contribution >= 0.6 is 11.8 Å². The van der Waals surface area contributed by atoms with Crippen LogP contribution in [0.25, 0.3) is 11.3 Å². The first-order valence-corrected chi connectivity index (χ1v) is 10.7. The Morgan fingerprint density at radius 1 is 1.08 bits per heavy atom. The summed E-state index contributed by atoms with van der Waals surface area (Å²) in [5.74, 6) is 1.22. The monoisotopic (exact) mass is 370 g/mol. The summed E-state index contributed by atoms with van der Waals surface area (Å²) in [6.45, 7) is 0. The fourth-order valence-corrected chi connectivity index (χ4v) is 5.67. The molecule has 2 aromatic rings. The van der Waals surface area contributed by atoms with Gasteiger partial charge in [0.25, 0.3) is 0 Å². The van der Waals surface area contributed by atoms with Gasteiger partial charge in [-0.05, 0) is 25.2 Å². The molecule has 4 rings (SSSR count). The minimum absolute atomic E-state index is 0.0478. The summed E-state index contributed by atoms with van der Waals surface area (Å²) in [6.07, 6.45) is 9.79. The Morgan fingerprint density at radius 2 is 1.81 bits per heavy atom. The number of hydrogen-bond donors (Lipinski definition) is 1. The molecule has 1 aromatic carbocycles. The number of rotatable bonds is 6. The molecule has 1 N–H and O–H groups in total. The maximum absolute atomic E-state index is 12.8. The van der Waals surface area contributed by atoms with Crippen LogP contribution in [0.1, 0.15) is 62.2 Å². The second-order valence-corrected chi connectivity index (χ2v) is 9.13. The zero-order chi connectivity index (χ0) is 17.9. The molecule has 1 heterocycles. The molecule has 0 unspecified atom stereocenters. The average molecular weight is 371 g/mol. The number of aromatic hydroxyl groups is 1. The van der Waals surface area contributed by atoms with Crippen LogP contribution in [-0.4, -0.2) is 10.4 Å². The van der Waals surface area contributed by atoms with E-state index in [1.54, 1.807) is 6.07 Å². The molecular formula is C22H26O3S. The Morgan fingerprint density at radius 3 is 2.46 bits per heavy atom. The highest BCUT2D eigenvalue weighted by Crippen LogP contribution is 2.48. The van der Waals surface area contributed by atoms with E-state index in [4.69, 9.17) is 4.42 Å². The molecule has 0 spiro atoms. The van der Waals surface area contributed by atoms with Gasteiger partial charge in [0.15, 0.2) is 0 Å². The fraction of sp³-hybridized carbons (Fsp3) is 0.500. The van der Waals surface area contributed by atoms with E-state index in [0.29, 0.717) is 22.5 Å². The lowest BCUT2D eigenvalue weighted by atomic mass is 10.0. The zero-order valence-electron chi connectivity index (χ0n) is 15.0. The first-order chi connectivity index (χ1) is 12.7. The molecular weight excluding hydrogens is 344 g/mol. The predicted octanol–water partition coefficient (Wildman–Crippen LogP) is 5.92. The standard InChI is InChI=1S/C22H26O3S/c23-18-14-19(16-7-3-1-4-8-16)25-22(24)21(18)20(13-15-11-12-15)26-17-9-5-2-6-10-17/h1,3-4,7-8,14-15,17,20,23H,2,5-6,9-13H2/t20-/m1/s1. The molecule has 138 valence electrons. The molecule has 3 nitrogen and oxygen atoms in total. The summed E-state index contributed by atoms with van der Waals surface area (Å²) in [4.78, 5) is 12.8. The largest absolute Gasteiger partial charge is 0.507 e. The zero-order valence-corrected chi connectivity index (χ0v) is 15.8. The van der Waals surface area contributed by atoms with E-state index in [9.17, 15) is 9.90 Å². The Bertz CT molecular complexity index is 789. The van der Waals surface area contributed by atoms with Crippen LogP contribution in [0.4, 0.5) is 0 Å². The van der Waals surface area contributed by atoms with Gasteiger partial charge in [-0.15, -0.1) is 11.8 Å². The Kier molecular flexibility index (Phi) is 5.39. The highest BCUT2D eigenvalue weighted by atomic mass is 32.2. The summed E-state index contributed by atoms with van der Waals surface area (Å²) in [5.41, 5.74) is 0.912. The minimum Gasteiger partial charge on any atom is -0.507 e. The molecule has 2 saturated carbocycles. The molecule has 26 heavy (non-hydrogen) atoms. The summed E-state index contributed by atoms with van der Waals surface area (Å²) in [5, 5.41) is 11.3. The van der Waals surface area contributed by atoms with Gasteiger partial charge in [-0.3, -0.25) is 0 Å². The highest BCUT2D eigenvalue weighted by molar-refractivity contribution is 8.00. The van der Waals surface area contributed by atoms with Crippen LogP contribution < -0.4 is 5.63 Å². The van der Waals surface area contributed by atoms with Crippen molar-refractivity contribution in [3.63, 3.8) is 0 Å². The van der Waals surface area contributed by atoms with Crippen molar-refractivity contribution in [1.29, 1.82) is 0 Å². The van der Waals surface area contributed by atoms with Crippen LogP contribution in [-0.2, 0) is 0 Å². The molecule has 2 fully saturated rings. The van der Waals surface area contributed by atoms with Crippen molar-refractivity contribution in [2.24, 2.45) is 5.92 Å². The maximum atomic E-state index is 12.8. The van der Waals surface area contributed by atoms with Gasteiger partial charge in [0.05, 0.1) is 5.56 Å². The molecule has 0 aliphatic heterocycles.